The average molecular weight is 448 g/mol. The molecule has 9 heteroatoms. The van der Waals surface area contributed by atoms with Crippen LogP contribution in [0.2, 0.25) is 5.15 Å². The van der Waals surface area contributed by atoms with Gasteiger partial charge in [-0.3, -0.25) is 9.59 Å². The number of halogens is 1. The average Bonchev–Trinajstić information content (AvgIpc) is 3.01. The van der Waals surface area contributed by atoms with Crippen LogP contribution in [0.4, 0.5) is 5.82 Å². The lowest BCUT2D eigenvalue weighted by atomic mass is 9.93. The molecule has 168 valence electrons. The minimum atomic E-state index is -0.385. The highest BCUT2D eigenvalue weighted by atomic mass is 35.5. The second-order valence-corrected chi connectivity index (χ2v) is 8.72. The van der Waals surface area contributed by atoms with Crippen molar-refractivity contribution in [3.05, 3.63) is 34.4 Å². The Hall–Kier alpha value is -2.48. The molecule has 2 atom stereocenters. The number of hydrogen-bond donors (Lipinski definition) is 1. The first-order valence-electron chi connectivity index (χ1n) is 10.8. The molecule has 0 saturated carbocycles. The number of carbonyl (C=O) groups excluding carboxylic acids is 2. The summed E-state index contributed by atoms with van der Waals surface area (Å²) in [6, 6.07) is 0. The maximum atomic E-state index is 12.9. The Kier molecular flexibility index (Phi) is 7.64. The van der Waals surface area contributed by atoms with Gasteiger partial charge >= 0.3 is 0 Å². The summed E-state index contributed by atoms with van der Waals surface area (Å²) in [5, 5.41) is 0.427. The van der Waals surface area contributed by atoms with E-state index in [2.05, 4.69) is 15.0 Å². The molecule has 1 unspecified atom stereocenters. The number of aromatic nitrogens is 3. The lowest BCUT2D eigenvalue weighted by Crippen LogP contribution is -2.36. The van der Waals surface area contributed by atoms with E-state index in [4.69, 9.17) is 21.8 Å². The Morgan fingerprint density at radius 1 is 1.26 bits per heavy atom. The van der Waals surface area contributed by atoms with Gasteiger partial charge in [0, 0.05) is 37.9 Å². The molecular formula is C22H30ClN5O3. The predicted molar refractivity (Wildman–Crippen MR) is 118 cm³/mol. The van der Waals surface area contributed by atoms with Gasteiger partial charge in [0.2, 0.25) is 5.91 Å². The molecule has 2 N–H and O–H groups in total. The largest absolute Gasteiger partial charge is 0.449 e. The first-order valence-corrected chi connectivity index (χ1v) is 11.1. The zero-order valence-electron chi connectivity index (χ0n) is 18.4. The van der Waals surface area contributed by atoms with Crippen LogP contribution in [0.15, 0.2) is 10.7 Å². The van der Waals surface area contributed by atoms with Crippen molar-refractivity contribution < 1.29 is 14.0 Å². The van der Waals surface area contributed by atoms with Crippen molar-refractivity contribution in [2.75, 3.05) is 18.8 Å². The van der Waals surface area contributed by atoms with Crippen molar-refractivity contribution in [1.82, 2.24) is 19.9 Å². The molecule has 8 nitrogen and oxygen atoms in total. The standard InChI is InChI=1S/C22H30ClN5O3/c1-13(11-19(29)18-12-31-15(3)27-18)22(30)28-9-4-5-16(8-10-28)6-7-17-20(23)25-14(2)26-21(17)24/h12-13,16H,4-11H2,1-3H3,(H2,24,25,26)/t13-,16?/m1/s1. The van der Waals surface area contributed by atoms with Crippen LogP contribution in [0.5, 0.6) is 0 Å². The van der Waals surface area contributed by atoms with Crippen molar-refractivity contribution in [1.29, 1.82) is 0 Å². The first-order chi connectivity index (χ1) is 14.7. The topological polar surface area (TPSA) is 115 Å². The second kappa shape index (κ2) is 10.2. The van der Waals surface area contributed by atoms with Gasteiger partial charge in [-0.25, -0.2) is 15.0 Å². The number of carbonyl (C=O) groups is 2. The van der Waals surface area contributed by atoms with Gasteiger partial charge in [-0.1, -0.05) is 18.5 Å². The van der Waals surface area contributed by atoms with Crippen LogP contribution in [0.3, 0.4) is 0 Å². The number of nitrogens with zero attached hydrogens (tertiary/aromatic N) is 4. The van der Waals surface area contributed by atoms with E-state index >= 15 is 0 Å². The van der Waals surface area contributed by atoms with E-state index in [1.807, 2.05) is 4.90 Å². The fourth-order valence-electron chi connectivity index (χ4n) is 4.11. The molecule has 2 aromatic heterocycles. The minimum absolute atomic E-state index is 0.0217. The number of nitrogens with two attached hydrogens (primary N) is 1. The van der Waals surface area contributed by atoms with Crippen LogP contribution in [-0.2, 0) is 11.2 Å². The monoisotopic (exact) mass is 447 g/mol. The Morgan fingerprint density at radius 2 is 2.03 bits per heavy atom. The maximum absolute atomic E-state index is 12.9. The fourth-order valence-corrected chi connectivity index (χ4v) is 4.42. The van der Waals surface area contributed by atoms with Crippen molar-refractivity contribution in [3.63, 3.8) is 0 Å². The van der Waals surface area contributed by atoms with Crippen molar-refractivity contribution in [3.8, 4) is 0 Å². The molecule has 1 amide bonds. The van der Waals surface area contributed by atoms with Gasteiger partial charge < -0.3 is 15.1 Å². The Balaban J connectivity index is 1.51. The van der Waals surface area contributed by atoms with Crippen LogP contribution in [0.1, 0.15) is 66.8 Å². The third kappa shape index (κ3) is 6.03. The number of likely N-dealkylation sites (tertiary alicyclic amines) is 1. The minimum Gasteiger partial charge on any atom is -0.449 e. The van der Waals surface area contributed by atoms with E-state index in [1.54, 1.807) is 20.8 Å². The van der Waals surface area contributed by atoms with Gasteiger partial charge in [-0.2, -0.15) is 0 Å². The summed E-state index contributed by atoms with van der Waals surface area (Å²) in [7, 11) is 0. The number of ketones is 1. The highest BCUT2D eigenvalue weighted by Crippen LogP contribution is 2.27. The highest BCUT2D eigenvalue weighted by Gasteiger charge is 2.27. The first kappa shape index (κ1) is 23.2. The van der Waals surface area contributed by atoms with E-state index in [1.165, 1.54) is 6.26 Å². The van der Waals surface area contributed by atoms with E-state index < -0.39 is 0 Å². The smallest absolute Gasteiger partial charge is 0.225 e. The predicted octanol–water partition coefficient (Wildman–Crippen LogP) is 3.79. The maximum Gasteiger partial charge on any atom is 0.225 e. The van der Waals surface area contributed by atoms with Crippen LogP contribution in [0.25, 0.3) is 0 Å². The molecule has 2 aromatic rings. The van der Waals surface area contributed by atoms with Gasteiger partial charge in [0.25, 0.3) is 0 Å². The SMILES string of the molecule is Cc1nc(N)c(CCC2CCCN(C(=O)[C@H](C)CC(=O)c3coc(C)n3)CC2)c(Cl)n1. The molecule has 1 saturated heterocycles. The number of nitrogen functional groups attached to an aromatic ring is 1. The summed E-state index contributed by atoms with van der Waals surface area (Å²) in [4.78, 5) is 39.6. The van der Waals surface area contributed by atoms with E-state index in [0.717, 1.165) is 37.7 Å². The second-order valence-electron chi connectivity index (χ2n) is 8.37. The van der Waals surface area contributed by atoms with E-state index in [9.17, 15) is 9.59 Å². The number of amides is 1. The zero-order valence-corrected chi connectivity index (χ0v) is 19.1. The molecule has 1 fully saturated rings. The number of rotatable bonds is 7. The summed E-state index contributed by atoms with van der Waals surface area (Å²) in [6.45, 7) is 6.67. The lowest BCUT2D eigenvalue weighted by Gasteiger charge is -2.24. The Morgan fingerprint density at radius 3 is 2.71 bits per heavy atom. The summed E-state index contributed by atoms with van der Waals surface area (Å²) in [6.07, 6.45) is 6.04. The molecule has 1 aliphatic rings. The summed E-state index contributed by atoms with van der Waals surface area (Å²) in [5.41, 5.74) is 7.11. The summed E-state index contributed by atoms with van der Waals surface area (Å²) in [5.74, 6) is 1.41. The summed E-state index contributed by atoms with van der Waals surface area (Å²) >= 11 is 6.25. The number of oxazole rings is 1. The number of Topliss-reactive ketones (excluding diaryl/α,β-unsaturated/α-hetero) is 1. The fraction of sp³-hybridized carbons (Fsp3) is 0.591. The van der Waals surface area contributed by atoms with Crippen LogP contribution in [-0.4, -0.2) is 44.6 Å². The third-order valence-corrected chi connectivity index (χ3v) is 6.19. The molecule has 0 radical (unpaired) electrons. The van der Waals surface area contributed by atoms with Gasteiger partial charge in [0.1, 0.15) is 28.8 Å². The number of aryl methyl sites for hydroxylation is 2. The van der Waals surface area contributed by atoms with E-state index in [-0.39, 0.29) is 29.7 Å². The molecule has 0 aromatic carbocycles. The Labute approximate surface area is 187 Å². The third-order valence-electron chi connectivity index (χ3n) is 5.88. The molecular weight excluding hydrogens is 418 g/mol. The Bertz CT molecular complexity index is 922. The summed E-state index contributed by atoms with van der Waals surface area (Å²) < 4.78 is 5.10. The van der Waals surface area contributed by atoms with Crippen LogP contribution >= 0.6 is 11.6 Å². The molecule has 3 heterocycles. The van der Waals surface area contributed by atoms with Gasteiger partial charge in [-0.05, 0) is 44.9 Å². The van der Waals surface area contributed by atoms with E-state index in [0.29, 0.717) is 41.7 Å². The molecule has 3 rings (SSSR count). The lowest BCUT2D eigenvalue weighted by molar-refractivity contribution is -0.134. The van der Waals surface area contributed by atoms with Gasteiger partial charge in [0.05, 0.1) is 0 Å². The van der Waals surface area contributed by atoms with Crippen LogP contribution in [0, 0.1) is 25.7 Å². The van der Waals surface area contributed by atoms with Crippen molar-refractivity contribution in [2.45, 2.75) is 59.3 Å². The number of hydrogen-bond acceptors (Lipinski definition) is 7. The number of anilines is 1. The van der Waals surface area contributed by atoms with Crippen molar-refractivity contribution >= 4 is 29.1 Å². The molecule has 0 spiro atoms. The zero-order chi connectivity index (χ0) is 22.5. The van der Waals surface area contributed by atoms with Crippen LogP contribution < -0.4 is 5.73 Å². The molecule has 0 aliphatic carbocycles. The van der Waals surface area contributed by atoms with Gasteiger partial charge in [0.15, 0.2) is 11.7 Å². The molecule has 0 bridgehead atoms. The highest BCUT2D eigenvalue weighted by molar-refractivity contribution is 6.30. The molecule has 1 aliphatic heterocycles. The quantitative estimate of drug-likeness (QED) is 0.507. The normalized spacial score (nSPS) is 17.9. The molecule has 31 heavy (non-hydrogen) atoms. The van der Waals surface area contributed by atoms with Crippen molar-refractivity contribution in [2.24, 2.45) is 11.8 Å². The van der Waals surface area contributed by atoms with Gasteiger partial charge in [-0.15, -0.1) is 0 Å².